The maximum absolute atomic E-state index is 13.6. The van der Waals surface area contributed by atoms with E-state index in [4.69, 9.17) is 9.47 Å². The van der Waals surface area contributed by atoms with Crippen LogP contribution in [0, 0.1) is 5.82 Å². The van der Waals surface area contributed by atoms with E-state index in [0.29, 0.717) is 10.7 Å². The summed E-state index contributed by atoms with van der Waals surface area (Å²) in [7, 11) is -5.36. The smallest absolute Gasteiger partial charge is 0.472 e. The average molecular weight is 370 g/mol. The van der Waals surface area contributed by atoms with Gasteiger partial charge in [-0.25, -0.2) is 17.8 Å². The normalized spacial score (nSPS) is 24.6. The fourth-order valence-electron chi connectivity index (χ4n) is 2.83. The number of hydrogen-bond acceptors (Lipinski definition) is 5. The number of halogens is 4. The van der Waals surface area contributed by atoms with Crippen molar-refractivity contribution < 1.29 is 35.5 Å². The minimum absolute atomic E-state index is 0.160. The molecule has 1 unspecified atom stereocenters. The predicted molar refractivity (Wildman–Crippen MR) is 73.1 cm³/mol. The standard InChI is InChI=1S/C13H14F4N2O4S/c14-10-2-1-4-18-11(10)23-9-3-5-22-12(6-9)7-19(8-12)24(20,21)13(15,16)17/h1-2,4,9H,3,5-8H2. The van der Waals surface area contributed by atoms with E-state index >= 15 is 0 Å². The summed E-state index contributed by atoms with van der Waals surface area (Å²) < 4.78 is 85.0. The van der Waals surface area contributed by atoms with Crippen LogP contribution >= 0.6 is 0 Å². The Morgan fingerprint density at radius 3 is 2.71 bits per heavy atom. The van der Waals surface area contributed by atoms with Crippen LogP contribution in [0.1, 0.15) is 12.8 Å². The van der Waals surface area contributed by atoms with Gasteiger partial charge in [-0.3, -0.25) is 0 Å². The van der Waals surface area contributed by atoms with Gasteiger partial charge in [0.05, 0.1) is 12.2 Å². The van der Waals surface area contributed by atoms with Gasteiger partial charge in [0.1, 0.15) is 6.10 Å². The molecule has 1 aromatic heterocycles. The summed E-state index contributed by atoms with van der Waals surface area (Å²) in [6.07, 6.45) is 1.41. The highest BCUT2D eigenvalue weighted by Gasteiger charge is 2.59. The van der Waals surface area contributed by atoms with Crippen LogP contribution in [0.5, 0.6) is 5.88 Å². The van der Waals surface area contributed by atoms with Crippen LogP contribution in [0.2, 0.25) is 0 Å². The number of hydrogen-bond donors (Lipinski definition) is 0. The zero-order chi connectivity index (χ0) is 17.6. The molecular formula is C13H14F4N2O4S. The first-order valence-electron chi connectivity index (χ1n) is 7.11. The van der Waals surface area contributed by atoms with Gasteiger partial charge in [0.15, 0.2) is 5.82 Å². The Hall–Kier alpha value is -1.46. The van der Waals surface area contributed by atoms with Gasteiger partial charge < -0.3 is 9.47 Å². The lowest BCUT2D eigenvalue weighted by molar-refractivity contribution is -0.168. The molecule has 2 aliphatic heterocycles. The Morgan fingerprint density at radius 2 is 2.08 bits per heavy atom. The van der Waals surface area contributed by atoms with Crippen LogP contribution < -0.4 is 4.74 Å². The summed E-state index contributed by atoms with van der Waals surface area (Å²) in [6.45, 7) is -0.627. The second-order valence-electron chi connectivity index (χ2n) is 5.77. The summed E-state index contributed by atoms with van der Waals surface area (Å²) in [6, 6.07) is 2.58. The van der Waals surface area contributed by atoms with Crippen LogP contribution in [0.4, 0.5) is 17.6 Å². The van der Waals surface area contributed by atoms with Gasteiger partial charge in [-0.2, -0.15) is 17.5 Å². The van der Waals surface area contributed by atoms with E-state index in [1.807, 2.05) is 0 Å². The van der Waals surface area contributed by atoms with Gasteiger partial charge in [-0.05, 0) is 12.1 Å². The van der Waals surface area contributed by atoms with E-state index in [0.717, 1.165) is 0 Å². The summed E-state index contributed by atoms with van der Waals surface area (Å²) in [5, 5.41) is 0. The van der Waals surface area contributed by atoms with Crippen molar-refractivity contribution in [3.8, 4) is 5.88 Å². The highest BCUT2D eigenvalue weighted by molar-refractivity contribution is 7.90. The second-order valence-corrected chi connectivity index (χ2v) is 7.70. The molecule has 0 amide bonds. The van der Waals surface area contributed by atoms with Crippen molar-refractivity contribution in [3.05, 3.63) is 24.1 Å². The van der Waals surface area contributed by atoms with Gasteiger partial charge in [0, 0.05) is 32.1 Å². The molecule has 1 atom stereocenters. The molecule has 6 nitrogen and oxygen atoms in total. The van der Waals surface area contributed by atoms with E-state index in [1.165, 1.54) is 18.3 Å². The van der Waals surface area contributed by atoms with E-state index in [2.05, 4.69) is 4.98 Å². The molecule has 0 N–H and O–H groups in total. The summed E-state index contributed by atoms with van der Waals surface area (Å²) in [5.41, 5.74) is -6.37. The van der Waals surface area contributed by atoms with Crippen LogP contribution in [0.15, 0.2) is 18.3 Å². The minimum Gasteiger partial charge on any atom is -0.472 e. The Bertz CT molecular complexity index is 719. The molecule has 0 bridgehead atoms. The summed E-state index contributed by atoms with van der Waals surface area (Å²) >= 11 is 0. The number of rotatable bonds is 3. The van der Waals surface area contributed by atoms with Gasteiger partial charge in [0.2, 0.25) is 0 Å². The molecule has 3 heterocycles. The van der Waals surface area contributed by atoms with Crippen molar-refractivity contribution >= 4 is 10.0 Å². The molecule has 0 aliphatic carbocycles. The van der Waals surface area contributed by atoms with Crippen molar-refractivity contribution in [2.45, 2.75) is 30.1 Å². The summed E-state index contributed by atoms with van der Waals surface area (Å²) in [4.78, 5) is 3.76. The number of nitrogens with zero attached hydrogens (tertiary/aromatic N) is 2. The lowest BCUT2D eigenvalue weighted by Gasteiger charge is -2.51. The molecule has 0 radical (unpaired) electrons. The SMILES string of the molecule is O=S(=O)(N1CC2(CC(Oc3ncccc3F)CCO2)C1)C(F)(F)F. The van der Waals surface area contributed by atoms with Gasteiger partial charge in [0.25, 0.3) is 5.88 Å². The van der Waals surface area contributed by atoms with E-state index in [9.17, 15) is 26.0 Å². The summed E-state index contributed by atoms with van der Waals surface area (Å²) in [5.74, 6) is -0.841. The quantitative estimate of drug-likeness (QED) is 0.758. The Balaban J connectivity index is 1.65. The Kier molecular flexibility index (Phi) is 4.21. The lowest BCUT2D eigenvalue weighted by Crippen LogP contribution is -2.68. The van der Waals surface area contributed by atoms with Gasteiger partial charge >= 0.3 is 15.5 Å². The molecule has 1 aromatic rings. The maximum Gasteiger partial charge on any atom is 0.511 e. The van der Waals surface area contributed by atoms with E-state index in [1.54, 1.807) is 0 Å². The van der Waals surface area contributed by atoms with Crippen LogP contribution in [-0.2, 0) is 14.8 Å². The average Bonchev–Trinajstić information content (AvgIpc) is 2.46. The zero-order valence-corrected chi connectivity index (χ0v) is 13.1. The molecular weight excluding hydrogens is 356 g/mol. The number of alkyl halides is 3. The second kappa shape index (κ2) is 5.81. The third kappa shape index (κ3) is 3.07. The topological polar surface area (TPSA) is 68.7 Å². The molecule has 24 heavy (non-hydrogen) atoms. The van der Waals surface area contributed by atoms with Crippen LogP contribution in [0.3, 0.4) is 0 Å². The lowest BCUT2D eigenvalue weighted by atomic mass is 9.86. The largest absolute Gasteiger partial charge is 0.511 e. The first kappa shape index (κ1) is 17.4. The maximum atomic E-state index is 13.6. The highest BCUT2D eigenvalue weighted by Crippen LogP contribution is 2.40. The monoisotopic (exact) mass is 370 g/mol. The number of sulfonamides is 1. The third-order valence-corrected chi connectivity index (χ3v) is 5.54. The number of pyridine rings is 1. The van der Waals surface area contributed by atoms with Crippen LogP contribution in [-0.4, -0.2) is 54.6 Å². The van der Waals surface area contributed by atoms with Gasteiger partial charge in [-0.15, -0.1) is 0 Å². The molecule has 11 heteroatoms. The minimum atomic E-state index is -5.36. The highest BCUT2D eigenvalue weighted by atomic mass is 32.2. The van der Waals surface area contributed by atoms with Crippen molar-refractivity contribution in [2.75, 3.05) is 19.7 Å². The van der Waals surface area contributed by atoms with Crippen molar-refractivity contribution in [3.63, 3.8) is 0 Å². The van der Waals surface area contributed by atoms with Crippen molar-refractivity contribution in [2.24, 2.45) is 0 Å². The van der Waals surface area contributed by atoms with Gasteiger partial charge in [-0.1, -0.05) is 0 Å². The van der Waals surface area contributed by atoms with Crippen molar-refractivity contribution in [1.29, 1.82) is 0 Å². The first-order chi connectivity index (χ1) is 11.1. The molecule has 1 spiro atoms. The Labute approximate surface area is 135 Å². The third-order valence-electron chi connectivity index (χ3n) is 4.01. The van der Waals surface area contributed by atoms with E-state index in [-0.39, 0.29) is 18.9 Å². The number of aromatic nitrogens is 1. The molecule has 2 aliphatic rings. The molecule has 0 saturated carbocycles. The molecule has 2 fully saturated rings. The first-order valence-corrected chi connectivity index (χ1v) is 8.55. The zero-order valence-electron chi connectivity index (χ0n) is 12.3. The predicted octanol–water partition coefficient (Wildman–Crippen LogP) is 1.68. The van der Waals surface area contributed by atoms with Crippen molar-refractivity contribution in [1.82, 2.24) is 9.29 Å². The fraction of sp³-hybridized carbons (Fsp3) is 0.615. The van der Waals surface area contributed by atoms with E-state index < -0.39 is 46.1 Å². The molecule has 3 rings (SSSR count). The molecule has 2 saturated heterocycles. The molecule has 134 valence electrons. The fourth-order valence-corrected chi connectivity index (χ4v) is 3.94. The number of ether oxygens (including phenoxy) is 2. The Morgan fingerprint density at radius 1 is 1.38 bits per heavy atom. The molecule has 0 aromatic carbocycles. The van der Waals surface area contributed by atoms with Crippen LogP contribution in [0.25, 0.3) is 0 Å².